The van der Waals surface area contributed by atoms with Crippen LogP contribution in [0.4, 0.5) is 0 Å². The van der Waals surface area contributed by atoms with Gasteiger partial charge in [0, 0.05) is 0 Å². The highest BCUT2D eigenvalue weighted by atomic mass is 35.5. The molecule has 0 bridgehead atoms. The van der Waals surface area contributed by atoms with E-state index in [1.807, 2.05) is 0 Å². The molecule has 0 fully saturated rings. The second-order valence-corrected chi connectivity index (χ2v) is 1.29. The highest BCUT2D eigenvalue weighted by molar-refractivity contribution is 6.17. The first-order valence-corrected chi connectivity index (χ1v) is 2.72. The normalized spacial score (nSPS) is 9.00. The average molecular weight is 156 g/mol. The van der Waals surface area contributed by atoms with E-state index in [0.29, 0.717) is 0 Å². The Bertz CT molecular complexity index is 87.9. The minimum atomic E-state index is -0.877. The zero-order chi connectivity index (χ0) is 7.11. The van der Waals surface area contributed by atoms with Gasteiger partial charge in [0.2, 0.25) is 0 Å². The molecule has 6 heteroatoms. The Morgan fingerprint density at radius 3 is 2.67 bits per heavy atom. The summed E-state index contributed by atoms with van der Waals surface area (Å²) >= 11 is 5.07. The minimum Gasteiger partial charge on any atom is -0.364 e. The second-order valence-electron chi connectivity index (χ2n) is 1.07. The summed E-state index contributed by atoms with van der Waals surface area (Å²) in [6, 6.07) is 0.0288. The zero-order valence-electron chi connectivity index (χ0n) is 4.58. The Labute approximate surface area is 56.6 Å². The van der Waals surface area contributed by atoms with Crippen LogP contribution >= 0.6 is 11.6 Å². The van der Waals surface area contributed by atoms with E-state index in [2.05, 4.69) is 9.57 Å². The molecule has 0 atom stereocenters. The van der Waals surface area contributed by atoms with Gasteiger partial charge in [0.25, 0.3) is 5.09 Å². The van der Waals surface area contributed by atoms with Crippen molar-refractivity contribution >= 4 is 11.6 Å². The molecule has 0 aromatic heterocycles. The van der Waals surface area contributed by atoms with Crippen molar-refractivity contribution in [2.24, 2.45) is 0 Å². The van der Waals surface area contributed by atoms with Crippen LogP contribution in [0.15, 0.2) is 0 Å². The van der Waals surface area contributed by atoms with Gasteiger partial charge in [-0.1, -0.05) is 11.6 Å². The molecule has 9 heavy (non-hydrogen) atoms. The Morgan fingerprint density at radius 2 is 2.22 bits per heavy atom. The standard InChI is InChI=1S/C3H6ClNO4/c4-3-8-1-2-9-5(6)7/h1-3H2. The lowest BCUT2D eigenvalue weighted by Gasteiger charge is -1.96. The summed E-state index contributed by atoms with van der Waals surface area (Å²) in [5, 5.41) is 8.58. The summed E-state index contributed by atoms with van der Waals surface area (Å²) in [5.41, 5.74) is 0. The van der Waals surface area contributed by atoms with E-state index in [4.69, 9.17) is 11.6 Å². The third-order valence-electron chi connectivity index (χ3n) is 0.502. The number of hydrogen-bond acceptors (Lipinski definition) is 4. The highest BCUT2D eigenvalue weighted by Gasteiger charge is 1.91. The van der Waals surface area contributed by atoms with E-state index in [9.17, 15) is 10.1 Å². The Morgan fingerprint density at radius 1 is 1.56 bits per heavy atom. The minimum absolute atomic E-state index is 0.0288. The first-order valence-electron chi connectivity index (χ1n) is 2.18. The van der Waals surface area contributed by atoms with E-state index < -0.39 is 5.09 Å². The monoisotopic (exact) mass is 155 g/mol. The molecule has 0 aliphatic rings. The Kier molecular flexibility index (Phi) is 5.24. The third-order valence-corrected chi connectivity index (χ3v) is 0.656. The maximum atomic E-state index is 9.46. The summed E-state index contributed by atoms with van der Waals surface area (Å²) in [6.07, 6.45) is 0. The molecule has 0 aromatic carbocycles. The van der Waals surface area contributed by atoms with Gasteiger partial charge in [0.1, 0.15) is 12.7 Å². The molecular weight excluding hydrogens is 149 g/mol. The van der Waals surface area contributed by atoms with Gasteiger partial charge in [-0.15, -0.1) is 10.1 Å². The van der Waals surface area contributed by atoms with Crippen LogP contribution in [-0.2, 0) is 9.57 Å². The largest absolute Gasteiger partial charge is 0.364 e. The van der Waals surface area contributed by atoms with Gasteiger partial charge in [-0.3, -0.25) is 0 Å². The van der Waals surface area contributed by atoms with Gasteiger partial charge in [-0.2, -0.15) is 0 Å². The predicted molar refractivity (Wildman–Crippen MR) is 29.6 cm³/mol. The van der Waals surface area contributed by atoms with Gasteiger partial charge in [0.15, 0.2) is 0 Å². The van der Waals surface area contributed by atoms with E-state index in [0.717, 1.165) is 0 Å². The van der Waals surface area contributed by atoms with Crippen LogP contribution in [0, 0.1) is 10.1 Å². The SMILES string of the molecule is O=[N+]([O-])OCCOCCl. The zero-order valence-corrected chi connectivity index (χ0v) is 5.34. The van der Waals surface area contributed by atoms with Gasteiger partial charge >= 0.3 is 0 Å². The van der Waals surface area contributed by atoms with Crippen LogP contribution in [0.1, 0.15) is 0 Å². The number of alkyl halides is 1. The van der Waals surface area contributed by atoms with Crippen LogP contribution in [0.3, 0.4) is 0 Å². The number of halogens is 1. The molecule has 0 aliphatic carbocycles. The van der Waals surface area contributed by atoms with Crippen molar-refractivity contribution < 1.29 is 14.7 Å². The molecule has 0 saturated heterocycles. The lowest BCUT2D eigenvalue weighted by Crippen LogP contribution is -2.07. The van der Waals surface area contributed by atoms with Gasteiger partial charge < -0.3 is 9.57 Å². The van der Waals surface area contributed by atoms with Crippen LogP contribution in [-0.4, -0.2) is 24.4 Å². The molecule has 0 radical (unpaired) electrons. The molecule has 0 unspecified atom stereocenters. The lowest BCUT2D eigenvalue weighted by molar-refractivity contribution is -0.758. The van der Waals surface area contributed by atoms with Crippen molar-refractivity contribution in [1.29, 1.82) is 0 Å². The summed E-state index contributed by atoms with van der Waals surface area (Å²) in [6.45, 7) is 0.0736. The number of hydrogen-bond donors (Lipinski definition) is 0. The summed E-state index contributed by atoms with van der Waals surface area (Å²) in [5.74, 6) is 0. The average Bonchev–Trinajstić information content (AvgIpc) is 1.80. The predicted octanol–water partition coefficient (Wildman–Crippen LogP) is 0.408. The van der Waals surface area contributed by atoms with Gasteiger partial charge in [-0.25, -0.2) is 0 Å². The van der Waals surface area contributed by atoms with Crippen LogP contribution in [0.2, 0.25) is 0 Å². The molecule has 0 rings (SSSR count). The summed E-state index contributed by atoms with van der Waals surface area (Å²) in [7, 11) is 0. The molecule has 0 amide bonds. The summed E-state index contributed by atoms with van der Waals surface area (Å²) in [4.78, 5) is 13.3. The highest BCUT2D eigenvalue weighted by Crippen LogP contribution is 1.80. The maximum absolute atomic E-state index is 9.46. The fourth-order valence-corrected chi connectivity index (χ4v) is 0.334. The van der Waals surface area contributed by atoms with E-state index in [1.165, 1.54) is 0 Å². The lowest BCUT2D eigenvalue weighted by atomic mass is 10.8. The molecule has 0 heterocycles. The number of nitrogens with zero attached hydrogens (tertiary/aromatic N) is 1. The van der Waals surface area contributed by atoms with Crippen LogP contribution in [0.25, 0.3) is 0 Å². The first-order chi connectivity index (χ1) is 4.27. The van der Waals surface area contributed by atoms with Crippen LogP contribution < -0.4 is 0 Å². The molecule has 54 valence electrons. The van der Waals surface area contributed by atoms with Crippen molar-refractivity contribution in [2.75, 3.05) is 19.3 Å². The molecular formula is C3H6ClNO4. The maximum Gasteiger partial charge on any atom is 0.294 e. The van der Waals surface area contributed by atoms with E-state index in [-0.39, 0.29) is 19.3 Å². The number of rotatable bonds is 5. The quantitative estimate of drug-likeness (QED) is 0.250. The first kappa shape index (κ1) is 8.45. The smallest absolute Gasteiger partial charge is 0.294 e. The fraction of sp³-hybridized carbons (Fsp3) is 1.00. The Hall–Kier alpha value is -0.550. The van der Waals surface area contributed by atoms with Crippen molar-refractivity contribution in [1.82, 2.24) is 0 Å². The molecule has 0 aliphatic heterocycles. The fourth-order valence-electron chi connectivity index (χ4n) is 0.225. The topological polar surface area (TPSA) is 61.6 Å². The molecule has 5 nitrogen and oxygen atoms in total. The number of ether oxygens (including phenoxy) is 1. The third kappa shape index (κ3) is 7.45. The van der Waals surface area contributed by atoms with E-state index >= 15 is 0 Å². The molecule has 0 aromatic rings. The van der Waals surface area contributed by atoms with Gasteiger partial charge in [0.05, 0.1) is 6.61 Å². The van der Waals surface area contributed by atoms with Crippen molar-refractivity contribution in [3.05, 3.63) is 10.1 Å². The molecule has 0 N–H and O–H groups in total. The van der Waals surface area contributed by atoms with Crippen molar-refractivity contribution in [2.45, 2.75) is 0 Å². The Balaban J connectivity index is 2.83. The van der Waals surface area contributed by atoms with Crippen LogP contribution in [0.5, 0.6) is 0 Å². The van der Waals surface area contributed by atoms with Crippen molar-refractivity contribution in [3.8, 4) is 0 Å². The molecule has 0 saturated carbocycles. The summed E-state index contributed by atoms with van der Waals surface area (Å²) < 4.78 is 4.52. The van der Waals surface area contributed by atoms with E-state index in [1.54, 1.807) is 0 Å². The molecule has 0 spiro atoms. The van der Waals surface area contributed by atoms with Gasteiger partial charge in [-0.05, 0) is 0 Å². The van der Waals surface area contributed by atoms with Crippen molar-refractivity contribution in [3.63, 3.8) is 0 Å². The second kappa shape index (κ2) is 5.58.